The van der Waals surface area contributed by atoms with E-state index in [1.54, 1.807) is 13.8 Å². The minimum atomic E-state index is -2.21. The van der Waals surface area contributed by atoms with Crippen molar-refractivity contribution in [2.45, 2.75) is 406 Å². The molecule has 7 aliphatic heterocycles. The summed E-state index contributed by atoms with van der Waals surface area (Å²) in [5, 5.41) is 227. The molecule has 0 aromatic rings. The zero-order valence-electron chi connectivity index (χ0n) is 77.2. The van der Waals surface area contributed by atoms with Crippen molar-refractivity contribution in [3.05, 3.63) is 11.6 Å². The van der Waals surface area contributed by atoms with Gasteiger partial charge < -0.3 is 194 Å². The zero-order valence-corrected chi connectivity index (χ0v) is 77.2. The van der Waals surface area contributed by atoms with E-state index >= 15 is 4.79 Å². The second-order valence-electron chi connectivity index (χ2n) is 40.9. The molecule has 47 atom stereocenters. The van der Waals surface area contributed by atoms with Crippen LogP contribution >= 0.6 is 0 Å². The van der Waals surface area contributed by atoms with E-state index in [1.807, 2.05) is 20.8 Å². The van der Waals surface area contributed by atoms with Crippen LogP contribution in [0.3, 0.4) is 0 Å². The topological polar surface area (TPSA) is 668 Å². The second-order valence-corrected chi connectivity index (χ2v) is 40.9. The van der Waals surface area contributed by atoms with Crippen molar-refractivity contribution < 1.29 is 202 Å². The maximum Gasteiger partial charge on any atom is 0.335 e. The largest absolute Gasteiger partial charge is 0.479 e. The fourth-order valence-electron chi connectivity index (χ4n) is 23.6. The van der Waals surface area contributed by atoms with E-state index in [4.69, 9.17) is 86.3 Å². The Balaban J connectivity index is 0.810. The Labute approximate surface area is 766 Å². The van der Waals surface area contributed by atoms with Crippen LogP contribution in [-0.2, 0) is 99.7 Å². The van der Waals surface area contributed by atoms with Gasteiger partial charge in [0.1, 0.15) is 134 Å². The molecule has 0 aromatic heterocycles. The van der Waals surface area contributed by atoms with Gasteiger partial charge in [-0.2, -0.15) is 0 Å². The fraction of sp³-hybridized carbons (Fsp3) is 0.933. The summed E-state index contributed by atoms with van der Waals surface area (Å²) in [4.78, 5) is 58.0. The van der Waals surface area contributed by atoms with E-state index in [0.29, 0.717) is 57.9 Å². The van der Waals surface area contributed by atoms with Crippen molar-refractivity contribution in [2.24, 2.45) is 67.8 Å². The number of nitrogens with one attached hydrogen (secondary N) is 1. The number of hydrogen-bond donors (Lipinski definition) is 22. The van der Waals surface area contributed by atoms with Crippen molar-refractivity contribution in [2.75, 3.05) is 53.2 Å². The quantitative estimate of drug-likeness (QED) is 0.00930. The highest BCUT2D eigenvalue weighted by Gasteiger charge is 2.73. The molecule has 0 bridgehead atoms. The van der Waals surface area contributed by atoms with Crippen LogP contribution in [0, 0.1) is 62.1 Å². The molecule has 0 amide bonds. The van der Waals surface area contributed by atoms with Crippen molar-refractivity contribution in [3.63, 3.8) is 0 Å². The van der Waals surface area contributed by atoms with Crippen LogP contribution in [0.4, 0.5) is 0 Å². The van der Waals surface area contributed by atoms with Gasteiger partial charge in [0.25, 0.3) is 0 Å². The molecule has 5 aliphatic carbocycles. The van der Waals surface area contributed by atoms with Gasteiger partial charge in [0.05, 0.1) is 75.9 Å². The molecule has 43 heteroatoms. The van der Waals surface area contributed by atoms with E-state index in [9.17, 15) is 117 Å². The van der Waals surface area contributed by atoms with Crippen LogP contribution in [-0.4, -0.2) is 407 Å². The summed E-state index contributed by atoms with van der Waals surface area (Å²) in [7, 11) is 1.25. The van der Waals surface area contributed by atoms with Crippen molar-refractivity contribution in [1.29, 1.82) is 0 Å². The minimum Gasteiger partial charge on any atom is -0.479 e. The molecule has 7 saturated heterocycles. The summed E-state index contributed by atoms with van der Waals surface area (Å²) in [5.74, 6) is -6.64. The monoisotopic (exact) mass is 1900 g/mol. The number of aliphatic carboxylic acids is 1. The van der Waals surface area contributed by atoms with Crippen LogP contribution in [0.5, 0.6) is 0 Å². The van der Waals surface area contributed by atoms with Gasteiger partial charge in [-0.05, 0) is 116 Å². The summed E-state index contributed by atoms with van der Waals surface area (Å²) < 4.78 is 103. The second kappa shape index (κ2) is 43.8. The van der Waals surface area contributed by atoms with Crippen LogP contribution in [0.25, 0.3) is 0 Å². The Morgan fingerprint density at radius 3 is 1.78 bits per heavy atom. The Bertz CT molecular complexity index is 3810. The van der Waals surface area contributed by atoms with Gasteiger partial charge in [-0.3, -0.25) is 14.4 Å². The first kappa shape index (κ1) is 107. The lowest BCUT2D eigenvalue weighted by Crippen LogP contribution is -2.70. The molecule has 0 aromatic carbocycles. The fourth-order valence-corrected chi connectivity index (χ4v) is 23.6. The van der Waals surface area contributed by atoms with E-state index in [0.717, 1.165) is 5.57 Å². The molecular weight excluding hydrogens is 1750 g/mol. The normalized spacial score (nSPS) is 47.0. The third-order valence-electron chi connectivity index (χ3n) is 32.0. The summed E-state index contributed by atoms with van der Waals surface area (Å²) in [6.45, 7) is 19.7. The predicted octanol–water partition coefficient (Wildman–Crippen LogP) is -4.19. The maximum atomic E-state index is 16.4. The third-order valence-corrected chi connectivity index (χ3v) is 32.0. The van der Waals surface area contributed by atoms with Gasteiger partial charge in [-0.15, -0.1) is 0 Å². The number of hydrogen-bond acceptors (Lipinski definition) is 42. The molecule has 23 N–H and O–H groups in total. The molecule has 11 fully saturated rings. The molecule has 0 spiro atoms. The van der Waals surface area contributed by atoms with E-state index < -0.39 is 335 Å². The van der Waals surface area contributed by atoms with Gasteiger partial charge >= 0.3 is 23.9 Å². The summed E-state index contributed by atoms with van der Waals surface area (Å²) in [6.07, 6.45) is -58.0. The number of carbonyl (C=O) groups excluding carboxylic acids is 3. The lowest BCUT2D eigenvalue weighted by Gasteiger charge is -2.72. The lowest BCUT2D eigenvalue weighted by atomic mass is 9.33. The Kier molecular flexibility index (Phi) is 35.5. The van der Waals surface area contributed by atoms with Crippen LogP contribution in [0.1, 0.15) is 179 Å². The highest BCUT2D eigenvalue weighted by molar-refractivity contribution is 5.80. The molecule has 132 heavy (non-hydrogen) atoms. The zero-order chi connectivity index (χ0) is 96.8. The first-order valence-corrected chi connectivity index (χ1v) is 46.8. The highest BCUT2D eigenvalue weighted by Crippen LogP contribution is 2.76. The number of carboxylic acids is 1. The van der Waals surface area contributed by atoms with Crippen LogP contribution in [0.2, 0.25) is 0 Å². The molecule has 7 heterocycles. The van der Waals surface area contributed by atoms with E-state index in [1.165, 1.54) is 14.0 Å². The average Bonchev–Trinajstić information content (AvgIpc) is 0.733. The summed E-state index contributed by atoms with van der Waals surface area (Å²) >= 11 is 0. The van der Waals surface area contributed by atoms with Gasteiger partial charge in [0, 0.05) is 51.4 Å². The molecule has 12 rings (SSSR count). The van der Waals surface area contributed by atoms with Crippen LogP contribution in [0.15, 0.2) is 11.6 Å². The number of carboxylic acid groups (broad SMARTS) is 1. The third kappa shape index (κ3) is 21.5. The molecule has 43 nitrogen and oxygen atoms in total. The molecule has 760 valence electrons. The summed E-state index contributed by atoms with van der Waals surface area (Å²) in [5.41, 5.74) is 1.64. The van der Waals surface area contributed by atoms with Crippen molar-refractivity contribution >= 4 is 23.9 Å². The lowest BCUT2D eigenvalue weighted by molar-refractivity contribution is -0.392. The Morgan fingerprint density at radius 2 is 1.14 bits per heavy atom. The number of aliphatic hydroxyl groups is 19. The number of allylic oxidation sites excluding steroid dienone is 2. The number of methoxy groups -OCH3 is 1. The number of nitrogens with two attached hydrogens (primary N) is 1. The Hall–Kier alpha value is -3.78. The van der Waals surface area contributed by atoms with Gasteiger partial charge in [-0.25, -0.2) is 4.79 Å². The number of ether oxygens (including phenoxy) is 17. The van der Waals surface area contributed by atoms with Crippen LogP contribution < -0.4 is 11.1 Å². The number of esters is 3. The molecule has 34 unspecified atom stereocenters. The Morgan fingerprint density at radius 1 is 0.561 bits per heavy atom. The van der Waals surface area contributed by atoms with Gasteiger partial charge in [0.2, 0.25) is 6.29 Å². The first-order valence-electron chi connectivity index (χ1n) is 46.8. The SMILES string of the molecule is CC[C@H](C)[C@H](C[C@H](O)CC(=O)OC1CC(O)OC(OC(=O)[C@]23CCC(C)(C)CC2C2=CCC4[C@@]5(C)CC[C@H](OC6OC(C(=O)O)C(O)C(OC7OCC(O)C(O)C7O)C6OC6OC(CO)C(O)C(O)C6O)[C@@](C)(CNCCN)C5CC[C@@]4(C)[C@]2(C)C[C@H]3O)C1OC1OC(C)C(OC2OCC(O)C(OC)C2O)C(O)C1O)OC(=O)C[C@@H](O)C[C@H](OC1OC(CO)C(O)C1O)[C@@H](C)CC. The smallest absolute Gasteiger partial charge is 0.335 e. The number of aliphatic hydroxyl groups excluding tert-OH is 19. The van der Waals surface area contributed by atoms with E-state index in [2.05, 4.69) is 46.0 Å². The van der Waals surface area contributed by atoms with Gasteiger partial charge in [-0.1, -0.05) is 93.7 Å². The predicted molar refractivity (Wildman–Crippen MR) is 447 cm³/mol. The number of rotatable bonds is 36. The number of fused-ring (bicyclic) bond motifs is 7. The van der Waals surface area contributed by atoms with Gasteiger partial charge in [0.15, 0.2) is 56.2 Å². The van der Waals surface area contributed by atoms with Crippen molar-refractivity contribution in [1.82, 2.24) is 5.32 Å². The highest BCUT2D eigenvalue weighted by atomic mass is 16.8. The average molecular weight is 1900 g/mol. The maximum absolute atomic E-state index is 16.4. The summed E-state index contributed by atoms with van der Waals surface area (Å²) in [6, 6.07) is 0. The minimum absolute atomic E-state index is 0.00108. The number of carbonyl (C=O) groups is 4. The molecule has 0 radical (unpaired) electrons. The first-order chi connectivity index (χ1) is 62.1. The standard InChI is InChI=1S/C89H148N2O41/c1-13-37(3)46(120-55(99)27-41(95)26-47(38(4)14-2)122-79-64(108)60(104)50(33-93)123-79)25-40(94)28-56(100)121-48-29-57(101)126-81(71(48)128-78-66(110)62(106)69(39(5)119-78)127-77-68(112)70(116-12)45(97)35-118-77)132-83(115)89-22-21-84(6,7)30-43(89)42-15-16-52-85(8)19-18-54(86(9,36-91-24-23-90)51(85)17-20-87(52,10)88(42,11)31-53(89)98)125-82-74(131-80-65(109)61(105)59(103)49(32-92)124-80)72(67(111)73(130-82)75(113)114)129-76-63(107)58(102)44(96)34-117-76/h15,37-41,43-54,57-74,76-82,91-98,101-112H,13-14,16-36,90H2,1-12H3,(H,113,114)/t37-,38-,39?,40-,41-,43?,44?,45?,46-,47-,48?,49?,50?,51?,52?,53+,54-,57?,58?,59?,60?,61?,62?,63?,64?,65?,66?,67?,68?,69?,70?,71?,72?,73?,74?,76?,77?,78?,79?,80?,81?,82?,85-,86-,87+,88+,89+/m0/s1. The van der Waals surface area contributed by atoms with Crippen molar-refractivity contribution in [3.8, 4) is 0 Å². The molecule has 12 aliphatic rings. The van der Waals surface area contributed by atoms with E-state index in [-0.39, 0.29) is 69.6 Å². The molecule has 4 saturated carbocycles. The molecular formula is C89H148N2O41.